The van der Waals surface area contributed by atoms with Gasteiger partial charge in [-0.2, -0.15) is 0 Å². The molecule has 1 heterocycles. The Labute approximate surface area is 286 Å². The molecule has 258 valence electrons. The quantitative estimate of drug-likeness (QED) is 0.181. The highest BCUT2D eigenvalue weighted by atomic mass is 28.4. The summed E-state index contributed by atoms with van der Waals surface area (Å²) in [6.07, 6.45) is -0.140. The minimum absolute atomic E-state index is 0.0349. The molecule has 1 N–H and O–H groups in total. The third kappa shape index (κ3) is 10.3. The van der Waals surface area contributed by atoms with E-state index in [4.69, 9.17) is 18.6 Å². The minimum Gasteiger partial charge on any atom is -0.544 e. The van der Waals surface area contributed by atoms with Gasteiger partial charge in [-0.3, -0.25) is 4.79 Å². The molecule has 48 heavy (non-hydrogen) atoms. The molecule has 0 radical (unpaired) electrons. The van der Waals surface area contributed by atoms with Gasteiger partial charge in [0.2, 0.25) is 8.32 Å². The standard InChI is InChI=1S/C38H50N2O7Si/c1-37(2,3)46-36(43)40-24-12-15-33(45-35(42)29-18-20-30(21-19-29)44-26-27-13-10-9-11-14-27)32(25-40)39-34(41)28-16-22-31(23-17-28)47-48(7,8)38(4,5)6/h9-11,13-14,16-23,32-33H,12,15,24-26H2,1-8H3,(H,39,41)/t32-,33-/m1/s1. The largest absolute Gasteiger partial charge is 0.544 e. The average Bonchev–Trinajstić information content (AvgIpc) is 3.21. The zero-order valence-electron chi connectivity index (χ0n) is 29.5. The first kappa shape index (κ1) is 36.5. The summed E-state index contributed by atoms with van der Waals surface area (Å²) in [5.41, 5.74) is 1.15. The van der Waals surface area contributed by atoms with Crippen LogP contribution < -0.4 is 14.5 Å². The van der Waals surface area contributed by atoms with E-state index in [1.807, 2.05) is 51.1 Å². The van der Waals surface area contributed by atoms with Crippen LogP contribution in [0.3, 0.4) is 0 Å². The van der Waals surface area contributed by atoms with Gasteiger partial charge >= 0.3 is 12.1 Å². The number of nitrogens with one attached hydrogen (secondary N) is 1. The van der Waals surface area contributed by atoms with Crippen LogP contribution in [-0.4, -0.2) is 62.0 Å². The number of carbonyl (C=O) groups is 3. The van der Waals surface area contributed by atoms with E-state index in [1.165, 1.54) is 0 Å². The number of nitrogens with zero attached hydrogens (tertiary/aromatic N) is 1. The van der Waals surface area contributed by atoms with Crippen LogP contribution in [0, 0.1) is 0 Å². The Morgan fingerprint density at radius 2 is 1.44 bits per heavy atom. The third-order valence-corrected chi connectivity index (χ3v) is 13.0. The van der Waals surface area contributed by atoms with Gasteiger partial charge in [-0.05, 0) is 106 Å². The molecule has 1 aliphatic heterocycles. The summed E-state index contributed by atoms with van der Waals surface area (Å²) >= 11 is 0. The number of ether oxygens (including phenoxy) is 3. The summed E-state index contributed by atoms with van der Waals surface area (Å²) in [4.78, 5) is 41.6. The molecule has 1 aliphatic rings. The molecule has 1 fully saturated rings. The molecule has 1 saturated heterocycles. The lowest BCUT2D eigenvalue weighted by molar-refractivity contribution is 0.0127. The number of esters is 1. The maximum atomic E-state index is 13.6. The first-order valence-corrected chi connectivity index (χ1v) is 19.5. The van der Waals surface area contributed by atoms with E-state index >= 15 is 0 Å². The average molecular weight is 675 g/mol. The van der Waals surface area contributed by atoms with Crippen molar-refractivity contribution in [3.63, 3.8) is 0 Å². The Bertz CT molecular complexity index is 1530. The Morgan fingerprint density at radius 3 is 2.04 bits per heavy atom. The number of likely N-dealkylation sites (tertiary alicyclic amines) is 1. The highest BCUT2D eigenvalue weighted by molar-refractivity contribution is 6.74. The summed E-state index contributed by atoms with van der Waals surface area (Å²) in [5.74, 6) is 0.480. The molecule has 2 atom stereocenters. The maximum Gasteiger partial charge on any atom is 0.410 e. The van der Waals surface area contributed by atoms with Gasteiger partial charge in [-0.1, -0.05) is 51.1 Å². The van der Waals surface area contributed by atoms with Crippen molar-refractivity contribution in [2.24, 2.45) is 0 Å². The van der Waals surface area contributed by atoms with Crippen molar-refractivity contribution >= 4 is 26.3 Å². The number of amides is 2. The Kier molecular flexibility index (Phi) is 11.6. The molecule has 9 nitrogen and oxygen atoms in total. The van der Waals surface area contributed by atoms with Gasteiger partial charge in [0.25, 0.3) is 5.91 Å². The maximum absolute atomic E-state index is 13.6. The SMILES string of the molecule is CC(C)(C)OC(=O)N1CCC[C@@H](OC(=O)c2ccc(OCc3ccccc3)cc2)[C@H](NC(=O)c2ccc(O[Si](C)(C)C(C)(C)C)cc2)C1. The van der Waals surface area contributed by atoms with Crippen molar-refractivity contribution in [1.29, 1.82) is 0 Å². The van der Waals surface area contributed by atoms with E-state index in [-0.39, 0.29) is 17.5 Å². The van der Waals surface area contributed by atoms with Gasteiger partial charge < -0.3 is 28.9 Å². The molecule has 0 bridgehead atoms. The number of hydrogen-bond donors (Lipinski definition) is 1. The summed E-state index contributed by atoms with van der Waals surface area (Å²) in [6.45, 7) is 17.2. The fraction of sp³-hybridized carbons (Fsp3) is 0.447. The van der Waals surface area contributed by atoms with Crippen molar-refractivity contribution in [3.8, 4) is 11.5 Å². The van der Waals surface area contributed by atoms with E-state index in [2.05, 4.69) is 39.2 Å². The minimum atomic E-state index is -2.05. The summed E-state index contributed by atoms with van der Waals surface area (Å²) in [6, 6.07) is 23.0. The highest BCUT2D eigenvalue weighted by Crippen LogP contribution is 2.37. The van der Waals surface area contributed by atoms with E-state index in [0.717, 1.165) is 5.56 Å². The first-order chi connectivity index (χ1) is 22.5. The lowest BCUT2D eigenvalue weighted by atomic mass is 10.1. The topological polar surface area (TPSA) is 103 Å². The van der Waals surface area contributed by atoms with Crippen LogP contribution in [0.1, 0.15) is 80.7 Å². The fourth-order valence-corrected chi connectivity index (χ4v) is 5.94. The molecule has 0 saturated carbocycles. The molecule has 10 heteroatoms. The normalized spacial score (nSPS) is 17.1. The molecule has 3 aromatic rings. The van der Waals surface area contributed by atoms with E-state index in [0.29, 0.717) is 48.6 Å². The Balaban J connectivity index is 1.47. The van der Waals surface area contributed by atoms with E-state index < -0.39 is 38.1 Å². The van der Waals surface area contributed by atoms with Crippen molar-refractivity contribution < 1.29 is 33.0 Å². The summed E-state index contributed by atoms with van der Waals surface area (Å²) < 4.78 is 23.9. The van der Waals surface area contributed by atoms with Crippen molar-refractivity contribution in [1.82, 2.24) is 10.2 Å². The van der Waals surface area contributed by atoms with Crippen LogP contribution in [0.25, 0.3) is 0 Å². The lowest BCUT2D eigenvalue weighted by Crippen LogP contribution is -2.51. The van der Waals surface area contributed by atoms with Crippen LogP contribution in [0.5, 0.6) is 11.5 Å². The fourth-order valence-electron chi connectivity index (χ4n) is 4.91. The van der Waals surface area contributed by atoms with Crippen LogP contribution in [0.15, 0.2) is 78.9 Å². The molecular weight excluding hydrogens is 625 g/mol. The van der Waals surface area contributed by atoms with Gasteiger partial charge in [0.15, 0.2) is 0 Å². The second-order valence-electron chi connectivity index (χ2n) is 14.8. The summed E-state index contributed by atoms with van der Waals surface area (Å²) in [7, 11) is -2.05. The number of benzene rings is 3. The first-order valence-electron chi connectivity index (χ1n) is 16.6. The van der Waals surface area contributed by atoms with Crippen LogP contribution in [0.2, 0.25) is 18.1 Å². The summed E-state index contributed by atoms with van der Waals surface area (Å²) in [5, 5.41) is 3.08. The van der Waals surface area contributed by atoms with Crippen LogP contribution in [0.4, 0.5) is 4.79 Å². The molecule has 0 unspecified atom stereocenters. The molecule has 0 aromatic heterocycles. The van der Waals surface area contributed by atoms with Crippen molar-refractivity contribution in [3.05, 3.63) is 95.6 Å². The van der Waals surface area contributed by atoms with E-state index in [1.54, 1.807) is 53.4 Å². The zero-order valence-corrected chi connectivity index (χ0v) is 30.5. The predicted octanol–water partition coefficient (Wildman–Crippen LogP) is 8.00. The number of carbonyl (C=O) groups excluding carboxylic acids is 3. The number of hydrogen-bond acceptors (Lipinski definition) is 7. The highest BCUT2D eigenvalue weighted by Gasteiger charge is 2.39. The molecule has 0 aliphatic carbocycles. The Hall–Kier alpha value is -4.31. The molecule has 4 rings (SSSR count). The Morgan fingerprint density at radius 1 is 0.833 bits per heavy atom. The van der Waals surface area contributed by atoms with Gasteiger partial charge in [-0.25, -0.2) is 9.59 Å². The van der Waals surface area contributed by atoms with Gasteiger partial charge in [0.1, 0.15) is 29.8 Å². The molecular formula is C38H50N2O7Si. The molecule has 0 spiro atoms. The molecule has 3 aromatic carbocycles. The second kappa shape index (κ2) is 15.3. The monoisotopic (exact) mass is 674 g/mol. The van der Waals surface area contributed by atoms with Gasteiger partial charge in [0, 0.05) is 18.7 Å². The van der Waals surface area contributed by atoms with Crippen molar-refractivity contribution in [2.45, 2.75) is 96.9 Å². The van der Waals surface area contributed by atoms with E-state index in [9.17, 15) is 14.4 Å². The van der Waals surface area contributed by atoms with Gasteiger partial charge in [0.05, 0.1) is 11.6 Å². The number of rotatable bonds is 9. The van der Waals surface area contributed by atoms with Crippen LogP contribution >= 0.6 is 0 Å². The lowest BCUT2D eigenvalue weighted by Gasteiger charge is -2.36. The predicted molar refractivity (Wildman–Crippen MR) is 189 cm³/mol. The second-order valence-corrected chi connectivity index (χ2v) is 19.5. The van der Waals surface area contributed by atoms with Crippen molar-refractivity contribution in [2.75, 3.05) is 13.1 Å². The van der Waals surface area contributed by atoms with Gasteiger partial charge in [-0.15, -0.1) is 0 Å². The molecule has 2 amide bonds. The third-order valence-electron chi connectivity index (χ3n) is 8.64. The zero-order chi connectivity index (χ0) is 35.1. The smallest absolute Gasteiger partial charge is 0.410 e. The van der Waals surface area contributed by atoms with Crippen LogP contribution in [-0.2, 0) is 16.1 Å².